The van der Waals surface area contributed by atoms with Gasteiger partial charge in [0.05, 0.1) is 11.1 Å². The summed E-state index contributed by atoms with van der Waals surface area (Å²) < 4.78 is 7.61. The van der Waals surface area contributed by atoms with Crippen molar-refractivity contribution in [3.63, 3.8) is 0 Å². The normalized spacial score (nSPS) is 12.0. The third-order valence-corrected chi connectivity index (χ3v) is 5.01. The monoisotopic (exact) mass is 378 g/mol. The summed E-state index contributed by atoms with van der Waals surface area (Å²) >= 11 is 1.32. The van der Waals surface area contributed by atoms with Crippen LogP contribution in [0.3, 0.4) is 0 Å². The van der Waals surface area contributed by atoms with Crippen LogP contribution in [0.15, 0.2) is 53.6 Å². The Morgan fingerprint density at radius 1 is 1.22 bits per heavy atom. The van der Waals surface area contributed by atoms with Gasteiger partial charge >= 0.3 is 0 Å². The van der Waals surface area contributed by atoms with E-state index in [1.54, 1.807) is 12.4 Å². The molecule has 27 heavy (non-hydrogen) atoms. The van der Waals surface area contributed by atoms with E-state index in [1.165, 1.54) is 15.9 Å². The van der Waals surface area contributed by atoms with Crippen LogP contribution in [0.2, 0.25) is 0 Å². The topological polar surface area (TPSA) is 69.4 Å². The Morgan fingerprint density at radius 3 is 2.78 bits per heavy atom. The quantitative estimate of drug-likeness (QED) is 0.483. The molecule has 1 aromatic carbocycles. The van der Waals surface area contributed by atoms with E-state index in [-0.39, 0.29) is 5.56 Å². The zero-order chi connectivity index (χ0) is 18.6. The minimum atomic E-state index is -0.166. The van der Waals surface area contributed by atoms with Crippen LogP contribution in [-0.2, 0) is 0 Å². The maximum absolute atomic E-state index is 12.6. The molecule has 0 atom stereocenters. The van der Waals surface area contributed by atoms with Crippen molar-refractivity contribution in [3.8, 4) is 17.1 Å². The first-order chi connectivity index (χ1) is 13.2. The molecule has 0 unspecified atom stereocenters. The average Bonchev–Trinajstić information content (AvgIpc) is 3.24. The SMILES string of the molecule is CCCCOc1ccc(C=c2sc3nc(-c4cccnc4)nn3c2=O)cc1. The van der Waals surface area contributed by atoms with Crippen molar-refractivity contribution in [3.05, 3.63) is 69.2 Å². The first-order valence-corrected chi connectivity index (χ1v) is 9.61. The van der Waals surface area contributed by atoms with Gasteiger partial charge in [-0.2, -0.15) is 9.50 Å². The number of aromatic nitrogens is 4. The molecule has 7 heteroatoms. The summed E-state index contributed by atoms with van der Waals surface area (Å²) in [7, 11) is 0. The summed E-state index contributed by atoms with van der Waals surface area (Å²) in [5, 5.41) is 4.32. The van der Waals surface area contributed by atoms with Crippen LogP contribution in [0.25, 0.3) is 22.4 Å². The molecule has 0 saturated carbocycles. The van der Waals surface area contributed by atoms with Gasteiger partial charge in [0, 0.05) is 18.0 Å². The summed E-state index contributed by atoms with van der Waals surface area (Å²) in [6.07, 6.45) is 7.36. The van der Waals surface area contributed by atoms with Gasteiger partial charge < -0.3 is 4.74 Å². The van der Waals surface area contributed by atoms with Crippen molar-refractivity contribution in [1.82, 2.24) is 19.6 Å². The van der Waals surface area contributed by atoms with Gasteiger partial charge in [-0.25, -0.2) is 0 Å². The highest BCUT2D eigenvalue weighted by Crippen LogP contribution is 2.15. The Balaban J connectivity index is 1.61. The molecular weight excluding hydrogens is 360 g/mol. The minimum absolute atomic E-state index is 0.166. The third kappa shape index (κ3) is 3.73. The van der Waals surface area contributed by atoms with E-state index in [9.17, 15) is 4.79 Å². The fourth-order valence-electron chi connectivity index (χ4n) is 2.60. The van der Waals surface area contributed by atoms with Crippen LogP contribution in [-0.4, -0.2) is 26.2 Å². The smallest absolute Gasteiger partial charge is 0.291 e. The highest BCUT2D eigenvalue weighted by atomic mass is 32.1. The van der Waals surface area contributed by atoms with Crippen LogP contribution in [0.4, 0.5) is 0 Å². The van der Waals surface area contributed by atoms with Crippen molar-refractivity contribution in [2.24, 2.45) is 0 Å². The highest BCUT2D eigenvalue weighted by Gasteiger charge is 2.11. The van der Waals surface area contributed by atoms with Gasteiger partial charge in [0.15, 0.2) is 5.82 Å². The lowest BCUT2D eigenvalue weighted by Gasteiger charge is -2.04. The lowest BCUT2D eigenvalue weighted by atomic mass is 10.2. The van der Waals surface area contributed by atoms with Crippen molar-refractivity contribution < 1.29 is 4.74 Å². The lowest BCUT2D eigenvalue weighted by Crippen LogP contribution is -2.23. The molecule has 0 saturated heterocycles. The fraction of sp³-hybridized carbons (Fsp3) is 0.200. The number of ether oxygens (including phenoxy) is 1. The molecule has 0 aliphatic carbocycles. The largest absolute Gasteiger partial charge is 0.494 e. The van der Waals surface area contributed by atoms with Crippen molar-refractivity contribution >= 4 is 22.4 Å². The Morgan fingerprint density at radius 2 is 2.07 bits per heavy atom. The maximum Gasteiger partial charge on any atom is 0.291 e. The van der Waals surface area contributed by atoms with E-state index in [4.69, 9.17) is 4.74 Å². The molecule has 136 valence electrons. The molecule has 6 nitrogen and oxygen atoms in total. The molecule has 0 radical (unpaired) electrons. The summed E-state index contributed by atoms with van der Waals surface area (Å²) in [6, 6.07) is 11.4. The Hall–Kier alpha value is -3.06. The van der Waals surface area contributed by atoms with Gasteiger partial charge in [0.2, 0.25) is 4.96 Å². The van der Waals surface area contributed by atoms with E-state index in [0.717, 1.165) is 36.3 Å². The standard InChI is InChI=1S/C20H18N4O2S/c1-2-3-11-26-16-8-6-14(7-9-16)12-17-19(25)24-20(27-17)22-18(23-24)15-5-4-10-21-13-15/h4-10,12-13H,2-3,11H2,1H3. The maximum atomic E-state index is 12.6. The number of fused-ring (bicyclic) bond motifs is 1. The highest BCUT2D eigenvalue weighted by molar-refractivity contribution is 7.15. The molecule has 3 aromatic heterocycles. The Labute approximate surface area is 159 Å². The van der Waals surface area contributed by atoms with Crippen molar-refractivity contribution in [2.45, 2.75) is 19.8 Å². The summed E-state index contributed by atoms with van der Waals surface area (Å²) in [5.41, 5.74) is 1.56. The van der Waals surface area contributed by atoms with Crippen LogP contribution in [0.1, 0.15) is 25.3 Å². The molecular formula is C20H18N4O2S. The third-order valence-electron chi connectivity index (χ3n) is 4.05. The molecule has 4 rings (SSSR count). The number of benzene rings is 1. The molecule has 0 spiro atoms. The Kier molecular flexibility index (Phi) is 4.93. The number of thiazole rings is 1. The predicted molar refractivity (Wildman–Crippen MR) is 106 cm³/mol. The first-order valence-electron chi connectivity index (χ1n) is 8.79. The van der Waals surface area contributed by atoms with Gasteiger partial charge in [-0.1, -0.05) is 36.8 Å². The second kappa shape index (κ2) is 7.67. The molecule has 0 fully saturated rings. The van der Waals surface area contributed by atoms with E-state index in [0.29, 0.717) is 15.3 Å². The van der Waals surface area contributed by atoms with E-state index in [2.05, 4.69) is 22.0 Å². The van der Waals surface area contributed by atoms with Crippen molar-refractivity contribution in [1.29, 1.82) is 0 Å². The zero-order valence-electron chi connectivity index (χ0n) is 14.8. The van der Waals surface area contributed by atoms with E-state index >= 15 is 0 Å². The second-order valence-corrected chi connectivity index (χ2v) is 7.07. The van der Waals surface area contributed by atoms with Crippen LogP contribution < -0.4 is 14.8 Å². The second-order valence-electron chi connectivity index (χ2n) is 6.06. The molecule has 4 aromatic rings. The van der Waals surface area contributed by atoms with Crippen LogP contribution in [0.5, 0.6) is 5.75 Å². The zero-order valence-corrected chi connectivity index (χ0v) is 15.6. The van der Waals surface area contributed by atoms with Gasteiger partial charge in [-0.15, -0.1) is 5.10 Å². The minimum Gasteiger partial charge on any atom is -0.494 e. The lowest BCUT2D eigenvalue weighted by molar-refractivity contribution is 0.309. The summed E-state index contributed by atoms with van der Waals surface area (Å²) in [4.78, 5) is 21.7. The van der Waals surface area contributed by atoms with E-state index < -0.39 is 0 Å². The number of pyridine rings is 1. The number of nitrogens with zero attached hydrogens (tertiary/aromatic N) is 4. The first kappa shape index (κ1) is 17.4. The predicted octanol–water partition coefficient (Wildman–Crippen LogP) is 2.94. The van der Waals surface area contributed by atoms with Crippen LogP contribution in [0, 0.1) is 0 Å². The van der Waals surface area contributed by atoms with Gasteiger partial charge in [0.25, 0.3) is 5.56 Å². The molecule has 0 aliphatic heterocycles. The summed E-state index contributed by atoms with van der Waals surface area (Å²) in [6.45, 7) is 2.85. The molecule has 0 amide bonds. The van der Waals surface area contributed by atoms with Gasteiger partial charge in [-0.3, -0.25) is 9.78 Å². The number of rotatable bonds is 6. The number of hydrogen-bond acceptors (Lipinski definition) is 6. The number of unbranched alkanes of at least 4 members (excludes halogenated alkanes) is 1. The molecule has 0 bridgehead atoms. The Bertz CT molecular complexity index is 1150. The molecule has 0 N–H and O–H groups in total. The number of hydrogen-bond donors (Lipinski definition) is 0. The average molecular weight is 378 g/mol. The van der Waals surface area contributed by atoms with Crippen molar-refractivity contribution in [2.75, 3.05) is 6.61 Å². The van der Waals surface area contributed by atoms with E-state index in [1.807, 2.05) is 42.5 Å². The molecule has 0 aliphatic rings. The van der Waals surface area contributed by atoms with Gasteiger partial charge in [-0.05, 0) is 42.3 Å². The van der Waals surface area contributed by atoms with Gasteiger partial charge in [0.1, 0.15) is 5.75 Å². The summed E-state index contributed by atoms with van der Waals surface area (Å²) in [5.74, 6) is 1.35. The molecule has 3 heterocycles. The fourth-order valence-corrected chi connectivity index (χ4v) is 3.50. The van der Waals surface area contributed by atoms with Crippen LogP contribution >= 0.6 is 11.3 Å².